The highest BCUT2D eigenvalue weighted by atomic mass is 79.9. The third-order valence-corrected chi connectivity index (χ3v) is 5.73. The SMILES string of the molecule is O=C1[C@H]2[C@@H](c3ccncc3)N(c3ccccc3)O[C@H]2C(=O)N1c1cccc(Br)c1. The average molecular weight is 450 g/mol. The highest BCUT2D eigenvalue weighted by Crippen LogP contribution is 2.47. The van der Waals surface area contributed by atoms with Crippen molar-refractivity contribution in [2.45, 2.75) is 12.1 Å². The molecule has 2 fully saturated rings. The topological polar surface area (TPSA) is 62.7 Å². The molecule has 6 nitrogen and oxygen atoms in total. The number of para-hydroxylation sites is 1. The van der Waals surface area contributed by atoms with Crippen molar-refractivity contribution in [1.82, 2.24) is 4.98 Å². The summed E-state index contributed by atoms with van der Waals surface area (Å²) in [4.78, 5) is 38.0. The molecule has 0 aliphatic carbocycles. The first kappa shape index (κ1) is 18.0. The molecule has 2 aliphatic rings. The number of carbonyl (C=O) groups excluding carboxylic acids is 2. The monoisotopic (exact) mass is 449 g/mol. The molecule has 2 saturated heterocycles. The number of hydrogen-bond acceptors (Lipinski definition) is 5. The number of fused-ring (bicyclic) bond motifs is 1. The lowest BCUT2D eigenvalue weighted by molar-refractivity contribution is -0.126. The minimum absolute atomic E-state index is 0.265. The summed E-state index contributed by atoms with van der Waals surface area (Å²) < 4.78 is 0.796. The number of hydroxylamine groups is 1. The molecule has 0 bridgehead atoms. The molecule has 3 aromatic rings. The van der Waals surface area contributed by atoms with Crippen molar-refractivity contribution in [3.8, 4) is 0 Å². The fraction of sp³-hybridized carbons (Fsp3) is 0.136. The van der Waals surface area contributed by atoms with Crippen LogP contribution in [0.3, 0.4) is 0 Å². The van der Waals surface area contributed by atoms with Gasteiger partial charge < -0.3 is 0 Å². The van der Waals surface area contributed by atoms with Gasteiger partial charge in [0, 0.05) is 16.9 Å². The van der Waals surface area contributed by atoms with Gasteiger partial charge in [-0.05, 0) is 48.0 Å². The number of hydrogen-bond donors (Lipinski definition) is 0. The number of halogens is 1. The van der Waals surface area contributed by atoms with E-state index in [1.54, 1.807) is 35.7 Å². The summed E-state index contributed by atoms with van der Waals surface area (Å²) in [5, 5.41) is 1.68. The Labute approximate surface area is 175 Å². The van der Waals surface area contributed by atoms with Crippen molar-refractivity contribution >= 4 is 39.1 Å². The number of aromatic nitrogens is 1. The molecular weight excluding hydrogens is 434 g/mol. The zero-order valence-corrected chi connectivity index (χ0v) is 16.8. The normalized spacial score (nSPS) is 23.6. The van der Waals surface area contributed by atoms with E-state index in [9.17, 15) is 9.59 Å². The summed E-state index contributed by atoms with van der Waals surface area (Å²) in [6, 6.07) is 19.9. The van der Waals surface area contributed by atoms with E-state index < -0.39 is 18.1 Å². The van der Waals surface area contributed by atoms with Crippen LogP contribution in [0.5, 0.6) is 0 Å². The molecule has 2 aromatic carbocycles. The van der Waals surface area contributed by atoms with E-state index in [0.717, 1.165) is 15.7 Å². The smallest absolute Gasteiger partial charge is 0.266 e. The van der Waals surface area contributed by atoms with Crippen LogP contribution in [0, 0.1) is 5.92 Å². The van der Waals surface area contributed by atoms with Gasteiger partial charge in [0.25, 0.3) is 5.91 Å². The van der Waals surface area contributed by atoms with Gasteiger partial charge in [-0.3, -0.25) is 19.4 Å². The van der Waals surface area contributed by atoms with Gasteiger partial charge >= 0.3 is 0 Å². The first-order valence-corrected chi connectivity index (χ1v) is 9.99. The van der Waals surface area contributed by atoms with E-state index in [1.165, 1.54) is 4.90 Å². The fourth-order valence-electron chi connectivity index (χ4n) is 3.98. The van der Waals surface area contributed by atoms with Crippen molar-refractivity contribution in [2.24, 2.45) is 5.92 Å². The average Bonchev–Trinajstić information content (AvgIpc) is 3.26. The molecule has 0 unspecified atom stereocenters. The summed E-state index contributed by atoms with van der Waals surface area (Å²) in [7, 11) is 0. The zero-order valence-electron chi connectivity index (χ0n) is 15.2. The highest BCUT2D eigenvalue weighted by Gasteiger charge is 2.60. The molecule has 3 atom stereocenters. The third-order valence-electron chi connectivity index (χ3n) is 5.24. The maximum Gasteiger partial charge on any atom is 0.266 e. The predicted molar refractivity (Wildman–Crippen MR) is 111 cm³/mol. The summed E-state index contributed by atoms with van der Waals surface area (Å²) in [5.41, 5.74) is 2.19. The molecular formula is C22H16BrN3O3. The van der Waals surface area contributed by atoms with E-state index in [2.05, 4.69) is 20.9 Å². The molecule has 0 N–H and O–H groups in total. The van der Waals surface area contributed by atoms with E-state index in [-0.39, 0.29) is 11.8 Å². The number of rotatable bonds is 3. The lowest BCUT2D eigenvalue weighted by atomic mass is 9.91. The predicted octanol–water partition coefficient (Wildman–Crippen LogP) is 3.90. The third kappa shape index (κ3) is 2.94. The van der Waals surface area contributed by atoms with Gasteiger partial charge in [0.1, 0.15) is 5.92 Å². The molecule has 0 radical (unpaired) electrons. The van der Waals surface area contributed by atoms with Gasteiger partial charge in [-0.15, -0.1) is 0 Å². The Kier molecular flexibility index (Phi) is 4.41. The van der Waals surface area contributed by atoms with Crippen LogP contribution < -0.4 is 9.96 Å². The van der Waals surface area contributed by atoms with E-state index in [0.29, 0.717) is 5.69 Å². The molecule has 1 aromatic heterocycles. The summed E-state index contributed by atoms with van der Waals surface area (Å²) >= 11 is 3.40. The van der Waals surface area contributed by atoms with Crippen LogP contribution in [-0.4, -0.2) is 22.9 Å². The van der Waals surface area contributed by atoms with E-state index in [1.807, 2.05) is 48.5 Å². The van der Waals surface area contributed by atoms with Crippen LogP contribution in [0.4, 0.5) is 11.4 Å². The summed E-state index contributed by atoms with van der Waals surface area (Å²) in [5.74, 6) is -1.27. The second-order valence-electron chi connectivity index (χ2n) is 6.93. The Bertz CT molecular complexity index is 1080. The number of nitrogens with zero attached hydrogens (tertiary/aromatic N) is 3. The standard InChI is InChI=1S/C22H16BrN3O3/c23-15-5-4-8-17(13-15)25-21(27)18-19(14-9-11-24-12-10-14)26(29-20(18)22(25)28)16-6-2-1-3-7-16/h1-13,18-20H/t18-,19+,20+/m0/s1. The molecule has 144 valence electrons. The quantitative estimate of drug-likeness (QED) is 0.567. The molecule has 5 rings (SSSR count). The van der Waals surface area contributed by atoms with Gasteiger partial charge in [0.05, 0.1) is 17.4 Å². The number of amides is 2. The first-order valence-electron chi connectivity index (χ1n) is 9.19. The summed E-state index contributed by atoms with van der Waals surface area (Å²) in [6.07, 6.45) is 2.48. The fourth-order valence-corrected chi connectivity index (χ4v) is 4.37. The van der Waals surface area contributed by atoms with E-state index in [4.69, 9.17) is 4.84 Å². The highest BCUT2D eigenvalue weighted by molar-refractivity contribution is 9.10. The number of pyridine rings is 1. The van der Waals surface area contributed by atoms with Crippen molar-refractivity contribution < 1.29 is 14.4 Å². The lowest BCUT2D eigenvalue weighted by Crippen LogP contribution is -2.37. The molecule has 7 heteroatoms. The van der Waals surface area contributed by atoms with Gasteiger partial charge in [0.15, 0.2) is 6.10 Å². The lowest BCUT2D eigenvalue weighted by Gasteiger charge is -2.28. The molecule has 0 spiro atoms. The minimum atomic E-state index is -0.875. The Balaban J connectivity index is 1.59. The van der Waals surface area contributed by atoms with Gasteiger partial charge in [0.2, 0.25) is 5.91 Å². The second kappa shape index (κ2) is 7.09. The van der Waals surface area contributed by atoms with Crippen molar-refractivity contribution in [3.63, 3.8) is 0 Å². The molecule has 2 aliphatic heterocycles. The number of imide groups is 1. The van der Waals surface area contributed by atoms with Crippen molar-refractivity contribution in [3.05, 3.63) is 89.2 Å². The van der Waals surface area contributed by atoms with Crippen LogP contribution in [0.1, 0.15) is 11.6 Å². The van der Waals surface area contributed by atoms with Gasteiger partial charge in [-0.1, -0.05) is 40.2 Å². The van der Waals surface area contributed by atoms with Crippen LogP contribution >= 0.6 is 15.9 Å². The van der Waals surface area contributed by atoms with Crippen molar-refractivity contribution in [1.29, 1.82) is 0 Å². The Morgan fingerprint density at radius 1 is 0.862 bits per heavy atom. The second-order valence-corrected chi connectivity index (χ2v) is 7.85. The van der Waals surface area contributed by atoms with Crippen LogP contribution in [0.15, 0.2) is 83.6 Å². The van der Waals surface area contributed by atoms with Crippen LogP contribution in [0.2, 0.25) is 0 Å². The largest absolute Gasteiger partial charge is 0.273 e. The molecule has 0 saturated carbocycles. The Morgan fingerprint density at radius 3 is 2.31 bits per heavy atom. The molecule has 3 heterocycles. The Hall–Kier alpha value is -3.03. The van der Waals surface area contributed by atoms with Gasteiger partial charge in [-0.2, -0.15) is 0 Å². The zero-order chi connectivity index (χ0) is 20.0. The number of carbonyl (C=O) groups is 2. The molecule has 29 heavy (non-hydrogen) atoms. The number of benzene rings is 2. The maximum atomic E-state index is 13.4. The van der Waals surface area contributed by atoms with Crippen LogP contribution in [0.25, 0.3) is 0 Å². The summed E-state index contributed by atoms with van der Waals surface area (Å²) in [6.45, 7) is 0. The van der Waals surface area contributed by atoms with Crippen molar-refractivity contribution in [2.75, 3.05) is 9.96 Å². The maximum absolute atomic E-state index is 13.4. The Morgan fingerprint density at radius 2 is 1.59 bits per heavy atom. The van der Waals surface area contributed by atoms with Gasteiger partial charge in [-0.25, -0.2) is 9.96 Å². The van der Waals surface area contributed by atoms with E-state index >= 15 is 0 Å². The first-order chi connectivity index (χ1) is 14.1. The molecule has 2 amide bonds. The number of anilines is 2. The van der Waals surface area contributed by atoms with Crippen LogP contribution in [-0.2, 0) is 14.4 Å². The minimum Gasteiger partial charge on any atom is -0.273 e.